The normalized spacial score (nSPS) is 11.7. The Labute approximate surface area is 165 Å². The van der Waals surface area contributed by atoms with Crippen molar-refractivity contribution in [2.24, 2.45) is 0 Å². The molecule has 26 heavy (non-hydrogen) atoms. The highest BCUT2D eigenvalue weighted by Crippen LogP contribution is 2.34. The molecule has 0 saturated carbocycles. The summed E-state index contributed by atoms with van der Waals surface area (Å²) < 4.78 is 1.23. The van der Waals surface area contributed by atoms with E-state index in [1.54, 1.807) is 0 Å². The molecule has 0 radical (unpaired) electrons. The van der Waals surface area contributed by atoms with Gasteiger partial charge in [0, 0.05) is 4.47 Å². The van der Waals surface area contributed by atoms with Crippen LogP contribution in [0.25, 0.3) is 17.2 Å². The summed E-state index contributed by atoms with van der Waals surface area (Å²) in [4.78, 5) is 0. The first kappa shape index (κ1) is 18.7. The Kier molecular flexibility index (Phi) is 5.78. The highest BCUT2D eigenvalue weighted by Gasteiger charge is 2.13. The molecule has 3 aromatic rings. The van der Waals surface area contributed by atoms with E-state index in [2.05, 4.69) is 110 Å². The van der Waals surface area contributed by atoms with Crippen LogP contribution in [-0.2, 0) is 6.42 Å². The molecule has 0 atom stereocenters. The van der Waals surface area contributed by atoms with Crippen molar-refractivity contribution in [2.75, 3.05) is 0 Å². The van der Waals surface area contributed by atoms with Gasteiger partial charge in [-0.3, -0.25) is 0 Å². The van der Waals surface area contributed by atoms with Gasteiger partial charge in [0.05, 0.1) is 0 Å². The van der Waals surface area contributed by atoms with E-state index in [0.717, 1.165) is 6.42 Å². The highest BCUT2D eigenvalue weighted by molar-refractivity contribution is 9.10. The highest BCUT2D eigenvalue weighted by atomic mass is 79.9. The lowest BCUT2D eigenvalue weighted by Gasteiger charge is -2.13. The van der Waals surface area contributed by atoms with E-state index < -0.39 is 0 Å². The van der Waals surface area contributed by atoms with Crippen LogP contribution in [0.1, 0.15) is 33.4 Å². The minimum atomic E-state index is 1.08. The average Bonchev–Trinajstić information content (AvgIpc) is 3.09. The minimum Gasteiger partial charge on any atom is -0.0795 e. The van der Waals surface area contributed by atoms with Crippen LogP contribution in [0, 0.1) is 27.7 Å². The minimum absolute atomic E-state index is 1.08. The van der Waals surface area contributed by atoms with Crippen molar-refractivity contribution in [3.8, 4) is 11.1 Å². The largest absolute Gasteiger partial charge is 0.0795 e. The van der Waals surface area contributed by atoms with E-state index in [4.69, 9.17) is 0 Å². The molecule has 0 amide bonds. The second kappa shape index (κ2) is 8.05. The van der Waals surface area contributed by atoms with Crippen LogP contribution in [0.2, 0.25) is 0 Å². The molecule has 4 rings (SSSR count). The van der Waals surface area contributed by atoms with Crippen molar-refractivity contribution in [3.63, 3.8) is 0 Å². The van der Waals surface area contributed by atoms with E-state index in [9.17, 15) is 0 Å². The zero-order valence-corrected chi connectivity index (χ0v) is 17.5. The van der Waals surface area contributed by atoms with E-state index in [1.165, 1.54) is 49.0 Å². The predicted octanol–water partition coefficient (Wildman–Crippen LogP) is 7.61. The summed E-state index contributed by atoms with van der Waals surface area (Å²) in [6.07, 6.45) is 5.59. The van der Waals surface area contributed by atoms with Crippen molar-refractivity contribution in [2.45, 2.75) is 34.1 Å². The number of hydrogen-bond donors (Lipinski definition) is 0. The summed E-state index contributed by atoms with van der Waals surface area (Å²) in [5, 5.41) is 0. The summed E-state index contributed by atoms with van der Waals surface area (Å²) in [6, 6.07) is 19.4. The van der Waals surface area contributed by atoms with Crippen LogP contribution >= 0.6 is 15.9 Å². The fourth-order valence-corrected chi connectivity index (χ4v) is 3.81. The number of hydrogen-bond acceptors (Lipinski definition) is 0. The van der Waals surface area contributed by atoms with Crippen LogP contribution in [-0.4, -0.2) is 0 Å². The van der Waals surface area contributed by atoms with Gasteiger partial charge in [-0.1, -0.05) is 82.7 Å². The molecule has 1 heteroatoms. The zero-order valence-electron chi connectivity index (χ0n) is 15.9. The van der Waals surface area contributed by atoms with Gasteiger partial charge in [0.1, 0.15) is 0 Å². The molecule has 0 heterocycles. The molecule has 132 valence electrons. The lowest BCUT2D eigenvalue weighted by Crippen LogP contribution is -1.92. The molecule has 1 aliphatic rings. The van der Waals surface area contributed by atoms with Gasteiger partial charge in [-0.05, 0) is 78.6 Å². The standard InChI is InChI=1S/C17H16.C8H9Br/c1-12-6-3-7-13(2)17(12)16-11-5-9-14-8-4-10-15(14)16;1-6-4-3-5-7(2)8(6)9/h3-7,9-11H,8H2,1-2H3;3-5H,1-2H3. The maximum absolute atomic E-state index is 3.48. The molecule has 0 bridgehead atoms. The summed E-state index contributed by atoms with van der Waals surface area (Å²) in [6.45, 7) is 8.58. The molecule has 1 aliphatic carbocycles. The lowest BCUT2D eigenvalue weighted by atomic mass is 9.91. The first-order chi connectivity index (χ1) is 12.5. The Morgan fingerprint density at radius 1 is 0.692 bits per heavy atom. The Morgan fingerprint density at radius 3 is 1.81 bits per heavy atom. The molecule has 0 fully saturated rings. The maximum atomic E-state index is 3.48. The molecule has 3 aromatic carbocycles. The number of halogens is 1. The monoisotopic (exact) mass is 404 g/mol. The fraction of sp³-hybridized carbons (Fsp3) is 0.200. The third kappa shape index (κ3) is 3.83. The van der Waals surface area contributed by atoms with Gasteiger partial charge >= 0.3 is 0 Å². The van der Waals surface area contributed by atoms with Crippen molar-refractivity contribution in [1.82, 2.24) is 0 Å². The quantitative estimate of drug-likeness (QED) is 0.391. The molecule has 0 aliphatic heterocycles. The van der Waals surface area contributed by atoms with E-state index >= 15 is 0 Å². The van der Waals surface area contributed by atoms with E-state index in [1.807, 2.05) is 0 Å². The Morgan fingerprint density at radius 2 is 1.23 bits per heavy atom. The number of aryl methyl sites for hydroxylation is 4. The summed E-state index contributed by atoms with van der Waals surface area (Å²) >= 11 is 3.48. The van der Waals surface area contributed by atoms with Gasteiger partial charge in [0.2, 0.25) is 0 Å². The Hall–Kier alpha value is -2.12. The second-order valence-electron chi connectivity index (χ2n) is 6.96. The van der Waals surface area contributed by atoms with Crippen molar-refractivity contribution < 1.29 is 0 Å². The van der Waals surface area contributed by atoms with Gasteiger partial charge in [-0.15, -0.1) is 0 Å². The maximum Gasteiger partial charge on any atom is 0.0233 e. The fourth-order valence-electron chi connectivity index (χ4n) is 3.54. The van der Waals surface area contributed by atoms with Crippen LogP contribution in [0.3, 0.4) is 0 Å². The molecular formula is C25H25Br. The number of fused-ring (bicyclic) bond motifs is 1. The number of benzene rings is 3. The van der Waals surface area contributed by atoms with Gasteiger partial charge in [0.25, 0.3) is 0 Å². The first-order valence-corrected chi connectivity index (χ1v) is 9.85. The predicted molar refractivity (Wildman–Crippen MR) is 118 cm³/mol. The average molecular weight is 405 g/mol. The molecule has 0 saturated heterocycles. The third-order valence-corrected chi connectivity index (χ3v) is 6.20. The van der Waals surface area contributed by atoms with Crippen molar-refractivity contribution >= 4 is 22.0 Å². The molecule has 0 nitrogen and oxygen atoms in total. The van der Waals surface area contributed by atoms with Gasteiger partial charge in [-0.2, -0.15) is 0 Å². The molecule has 0 unspecified atom stereocenters. The van der Waals surface area contributed by atoms with Crippen LogP contribution < -0.4 is 0 Å². The molecular weight excluding hydrogens is 380 g/mol. The second-order valence-corrected chi connectivity index (χ2v) is 7.75. The van der Waals surface area contributed by atoms with E-state index in [0.29, 0.717) is 0 Å². The SMILES string of the molecule is Cc1cccc(C)c1-c1cccc2c1C=CC2.Cc1cccc(C)c1Br. The first-order valence-electron chi connectivity index (χ1n) is 9.05. The van der Waals surface area contributed by atoms with Crippen LogP contribution in [0.4, 0.5) is 0 Å². The van der Waals surface area contributed by atoms with Crippen LogP contribution in [0.5, 0.6) is 0 Å². The summed E-state index contributed by atoms with van der Waals surface area (Å²) in [5.74, 6) is 0. The molecule has 0 aromatic heterocycles. The van der Waals surface area contributed by atoms with Crippen LogP contribution in [0.15, 0.2) is 65.1 Å². The smallest absolute Gasteiger partial charge is 0.0233 e. The van der Waals surface area contributed by atoms with Crippen molar-refractivity contribution in [3.05, 3.63) is 98.5 Å². The lowest BCUT2D eigenvalue weighted by molar-refractivity contribution is 1.30. The summed E-state index contributed by atoms with van der Waals surface area (Å²) in [7, 11) is 0. The third-order valence-electron chi connectivity index (χ3n) is 4.95. The Balaban J connectivity index is 0.000000185. The van der Waals surface area contributed by atoms with Gasteiger partial charge < -0.3 is 0 Å². The van der Waals surface area contributed by atoms with Gasteiger partial charge in [-0.25, -0.2) is 0 Å². The summed E-state index contributed by atoms with van der Waals surface area (Å²) in [5.41, 5.74) is 11.0. The Bertz CT molecular complexity index is 923. The number of allylic oxidation sites excluding steroid dienone is 1. The van der Waals surface area contributed by atoms with E-state index in [-0.39, 0.29) is 0 Å². The molecule has 0 spiro atoms. The van der Waals surface area contributed by atoms with Gasteiger partial charge in [0.15, 0.2) is 0 Å². The zero-order chi connectivity index (χ0) is 18.7. The van der Waals surface area contributed by atoms with Crippen molar-refractivity contribution in [1.29, 1.82) is 0 Å². The number of rotatable bonds is 1. The molecule has 0 N–H and O–H groups in total. The topological polar surface area (TPSA) is 0 Å².